The highest BCUT2D eigenvalue weighted by Crippen LogP contribution is 2.33. The average molecular weight is 530 g/mol. The molecule has 0 radical (unpaired) electrons. The Morgan fingerprint density at radius 1 is 1.19 bits per heavy atom. The minimum absolute atomic E-state index is 0.339. The number of hydrogen-bond donors (Lipinski definition) is 1. The smallest absolute Gasteiger partial charge is 0.407 e. The van der Waals surface area contributed by atoms with Crippen molar-refractivity contribution in [3.05, 3.63) is 52.2 Å². The molecule has 2 saturated heterocycles. The summed E-state index contributed by atoms with van der Waals surface area (Å²) in [6, 6.07) is 11.8. The van der Waals surface area contributed by atoms with E-state index in [2.05, 4.69) is 63.1 Å². The van der Waals surface area contributed by atoms with Gasteiger partial charge in [-0.25, -0.2) is 4.79 Å². The Balaban J connectivity index is 1.34. The summed E-state index contributed by atoms with van der Waals surface area (Å²) in [6.07, 6.45) is 2.79. The van der Waals surface area contributed by atoms with E-state index in [-0.39, 0.29) is 6.09 Å². The Bertz CT molecular complexity index is 976. The van der Waals surface area contributed by atoms with E-state index in [1.165, 1.54) is 11.3 Å². The molecule has 1 amide bonds. The van der Waals surface area contributed by atoms with Crippen LogP contribution in [0.4, 0.5) is 10.5 Å². The summed E-state index contributed by atoms with van der Waals surface area (Å²) in [7, 11) is 0. The zero-order valence-corrected chi connectivity index (χ0v) is 23.8. The molecule has 2 aliphatic rings. The SMILES string of the molecule is C[C@H](CCNC(=O)OC(C)(C)C)N1CCC(N(Cc2ccsc2)c2ccc(C3(C)OCCO3)cc2)CC1. The topological polar surface area (TPSA) is 63.3 Å². The van der Waals surface area contributed by atoms with Crippen LogP contribution in [0, 0.1) is 0 Å². The average Bonchev–Trinajstić information content (AvgIpc) is 3.54. The summed E-state index contributed by atoms with van der Waals surface area (Å²) in [4.78, 5) is 17.1. The van der Waals surface area contributed by atoms with Gasteiger partial charge in [-0.05, 0) is 88.4 Å². The van der Waals surface area contributed by atoms with Crippen molar-refractivity contribution in [3.8, 4) is 0 Å². The van der Waals surface area contributed by atoms with Gasteiger partial charge in [-0.2, -0.15) is 11.3 Å². The van der Waals surface area contributed by atoms with Crippen LogP contribution in [-0.4, -0.2) is 61.5 Å². The van der Waals surface area contributed by atoms with E-state index in [0.717, 1.165) is 44.5 Å². The summed E-state index contributed by atoms with van der Waals surface area (Å²) in [5, 5.41) is 7.30. The molecule has 0 aliphatic carbocycles. The molecular formula is C29H43N3O4S. The molecule has 37 heavy (non-hydrogen) atoms. The first-order chi connectivity index (χ1) is 17.6. The van der Waals surface area contributed by atoms with E-state index in [1.807, 2.05) is 27.7 Å². The number of piperidine rings is 1. The van der Waals surface area contributed by atoms with Crippen molar-refractivity contribution >= 4 is 23.1 Å². The molecule has 1 N–H and O–H groups in total. The summed E-state index contributed by atoms with van der Waals surface area (Å²) >= 11 is 1.75. The predicted octanol–water partition coefficient (Wildman–Crippen LogP) is 5.74. The summed E-state index contributed by atoms with van der Waals surface area (Å²) in [6.45, 7) is 14.8. The van der Waals surface area contributed by atoms with Crippen molar-refractivity contribution in [2.75, 3.05) is 37.7 Å². The molecule has 2 aliphatic heterocycles. The van der Waals surface area contributed by atoms with Gasteiger partial charge in [-0.1, -0.05) is 12.1 Å². The van der Waals surface area contributed by atoms with Crippen LogP contribution >= 0.6 is 11.3 Å². The fourth-order valence-electron chi connectivity index (χ4n) is 5.17. The molecule has 1 aromatic heterocycles. The highest BCUT2D eigenvalue weighted by atomic mass is 32.1. The molecule has 7 nitrogen and oxygen atoms in total. The van der Waals surface area contributed by atoms with Crippen LogP contribution in [0.15, 0.2) is 41.1 Å². The third kappa shape index (κ3) is 7.69. The third-order valence-electron chi connectivity index (χ3n) is 7.29. The van der Waals surface area contributed by atoms with E-state index >= 15 is 0 Å². The third-order valence-corrected chi connectivity index (χ3v) is 8.02. The van der Waals surface area contributed by atoms with Crippen LogP contribution in [0.5, 0.6) is 0 Å². The maximum absolute atomic E-state index is 11.9. The molecule has 1 atom stereocenters. The minimum Gasteiger partial charge on any atom is -0.444 e. The highest BCUT2D eigenvalue weighted by molar-refractivity contribution is 7.07. The molecular weight excluding hydrogens is 486 g/mol. The normalized spacial score (nSPS) is 19.5. The maximum Gasteiger partial charge on any atom is 0.407 e. The number of hydrogen-bond acceptors (Lipinski definition) is 7. The lowest BCUT2D eigenvalue weighted by Gasteiger charge is -2.42. The molecule has 4 rings (SSSR count). The Kier molecular flexibility index (Phi) is 9.16. The molecule has 0 saturated carbocycles. The van der Waals surface area contributed by atoms with Crippen molar-refractivity contribution < 1.29 is 19.0 Å². The second kappa shape index (κ2) is 12.2. The standard InChI is InChI=1S/C29H43N3O4S/c1-22(10-14-30-27(33)36-28(2,3)4)31-15-11-26(12-16-31)32(20-23-13-19-37-21-23)25-8-6-24(7-9-25)29(5)34-17-18-35-29/h6-9,13,19,21-22,26H,10-12,14-18,20H2,1-5H3,(H,30,33)/t22-/m1/s1. The van der Waals surface area contributed by atoms with Crippen LogP contribution in [0.1, 0.15) is 65.0 Å². The molecule has 0 unspecified atom stereocenters. The number of ether oxygens (including phenoxy) is 3. The van der Waals surface area contributed by atoms with Gasteiger partial charge in [0, 0.05) is 49.5 Å². The van der Waals surface area contributed by atoms with Crippen LogP contribution in [0.2, 0.25) is 0 Å². The second-order valence-electron chi connectivity index (χ2n) is 11.3. The molecule has 2 aromatic rings. The molecule has 0 spiro atoms. The number of nitrogens with zero attached hydrogens (tertiary/aromatic N) is 2. The zero-order chi connectivity index (χ0) is 26.5. The first-order valence-corrected chi connectivity index (χ1v) is 14.4. The van der Waals surface area contributed by atoms with E-state index in [0.29, 0.717) is 31.8 Å². The molecule has 8 heteroatoms. The molecule has 204 valence electrons. The molecule has 3 heterocycles. The van der Waals surface area contributed by atoms with Crippen molar-refractivity contribution in [3.63, 3.8) is 0 Å². The molecule has 0 bridgehead atoms. The van der Waals surface area contributed by atoms with Gasteiger partial charge >= 0.3 is 6.09 Å². The number of benzene rings is 1. The number of anilines is 1. The van der Waals surface area contributed by atoms with Crippen LogP contribution in [0.25, 0.3) is 0 Å². The Morgan fingerprint density at radius 3 is 2.46 bits per heavy atom. The van der Waals surface area contributed by atoms with Crippen LogP contribution < -0.4 is 10.2 Å². The number of carbonyl (C=O) groups excluding carboxylic acids is 1. The van der Waals surface area contributed by atoms with E-state index in [4.69, 9.17) is 14.2 Å². The van der Waals surface area contributed by atoms with Gasteiger partial charge in [0.05, 0.1) is 13.2 Å². The van der Waals surface area contributed by atoms with Crippen LogP contribution in [-0.2, 0) is 26.5 Å². The van der Waals surface area contributed by atoms with Gasteiger partial charge in [-0.3, -0.25) is 0 Å². The minimum atomic E-state index is -0.642. The largest absolute Gasteiger partial charge is 0.444 e. The lowest BCUT2D eigenvalue weighted by molar-refractivity contribution is -0.149. The number of thiophene rings is 1. The fraction of sp³-hybridized carbons (Fsp3) is 0.621. The van der Waals surface area contributed by atoms with Crippen molar-refractivity contribution in [1.29, 1.82) is 0 Å². The zero-order valence-electron chi connectivity index (χ0n) is 23.0. The number of nitrogens with one attached hydrogen (secondary N) is 1. The lowest BCUT2D eigenvalue weighted by atomic mass is 9.99. The molecule has 1 aromatic carbocycles. The van der Waals surface area contributed by atoms with E-state index in [9.17, 15) is 4.79 Å². The van der Waals surface area contributed by atoms with Crippen LogP contribution in [0.3, 0.4) is 0 Å². The van der Waals surface area contributed by atoms with Crippen molar-refractivity contribution in [1.82, 2.24) is 10.2 Å². The maximum atomic E-state index is 11.9. The van der Waals surface area contributed by atoms with Gasteiger partial charge in [0.15, 0.2) is 5.79 Å². The Morgan fingerprint density at radius 2 is 1.86 bits per heavy atom. The van der Waals surface area contributed by atoms with Crippen molar-refractivity contribution in [2.45, 2.75) is 83.9 Å². The van der Waals surface area contributed by atoms with E-state index < -0.39 is 11.4 Å². The monoisotopic (exact) mass is 529 g/mol. The van der Waals surface area contributed by atoms with Gasteiger partial charge in [0.1, 0.15) is 5.60 Å². The second-order valence-corrected chi connectivity index (χ2v) is 12.1. The first kappa shape index (κ1) is 27.9. The lowest BCUT2D eigenvalue weighted by Crippen LogP contribution is -2.48. The van der Waals surface area contributed by atoms with E-state index in [1.54, 1.807) is 11.3 Å². The Hall–Kier alpha value is -2.13. The highest BCUT2D eigenvalue weighted by Gasteiger charge is 2.33. The summed E-state index contributed by atoms with van der Waals surface area (Å²) in [5.74, 6) is -0.642. The van der Waals surface area contributed by atoms with Gasteiger partial charge in [0.2, 0.25) is 0 Å². The predicted molar refractivity (Wildman–Crippen MR) is 149 cm³/mol. The number of likely N-dealkylation sites (tertiary alicyclic amines) is 1. The van der Waals surface area contributed by atoms with Gasteiger partial charge in [0.25, 0.3) is 0 Å². The van der Waals surface area contributed by atoms with Gasteiger partial charge in [-0.15, -0.1) is 0 Å². The Labute approximate surface area is 226 Å². The number of alkyl carbamates (subject to hydrolysis) is 1. The summed E-state index contributed by atoms with van der Waals surface area (Å²) < 4.78 is 17.1. The molecule has 2 fully saturated rings. The fourth-order valence-corrected chi connectivity index (χ4v) is 5.83. The summed E-state index contributed by atoms with van der Waals surface area (Å²) in [5.41, 5.74) is 3.19. The quantitative estimate of drug-likeness (QED) is 0.447. The first-order valence-electron chi connectivity index (χ1n) is 13.5. The number of amides is 1. The van der Waals surface area contributed by atoms with Gasteiger partial charge < -0.3 is 29.3 Å². The number of carbonyl (C=O) groups is 1. The van der Waals surface area contributed by atoms with Crippen molar-refractivity contribution in [2.24, 2.45) is 0 Å². The number of rotatable bonds is 9.